The van der Waals surface area contributed by atoms with E-state index in [9.17, 15) is 10.1 Å². The first-order valence-electron chi connectivity index (χ1n) is 9.74. The Morgan fingerprint density at radius 3 is 2.53 bits per heavy atom. The SMILES string of the molecule is COc1cccc(-c2nn(Cc3ccccc3)cc2/C=C(\C#N)C(=O)C(C)(C)C)c1. The number of allylic oxidation sites excluding steroid dienone is 1. The van der Waals surface area contributed by atoms with Crippen molar-refractivity contribution in [1.29, 1.82) is 5.26 Å². The Morgan fingerprint density at radius 1 is 1.17 bits per heavy atom. The number of Topliss-reactive ketones (excluding diaryl/α,β-unsaturated/α-hetero) is 1. The smallest absolute Gasteiger partial charge is 0.178 e. The highest BCUT2D eigenvalue weighted by Gasteiger charge is 2.25. The summed E-state index contributed by atoms with van der Waals surface area (Å²) >= 11 is 0. The molecule has 3 aromatic rings. The van der Waals surface area contributed by atoms with Crippen molar-refractivity contribution in [2.45, 2.75) is 27.3 Å². The molecule has 0 N–H and O–H groups in total. The van der Waals surface area contributed by atoms with Crippen LogP contribution in [-0.4, -0.2) is 22.7 Å². The molecule has 0 aliphatic rings. The number of aromatic nitrogens is 2. The zero-order valence-corrected chi connectivity index (χ0v) is 17.7. The number of ether oxygens (including phenoxy) is 1. The summed E-state index contributed by atoms with van der Waals surface area (Å²) in [4.78, 5) is 12.7. The first-order chi connectivity index (χ1) is 14.3. The fourth-order valence-corrected chi connectivity index (χ4v) is 3.10. The summed E-state index contributed by atoms with van der Waals surface area (Å²) in [6.07, 6.45) is 3.51. The van der Waals surface area contributed by atoms with E-state index >= 15 is 0 Å². The van der Waals surface area contributed by atoms with Gasteiger partial charge in [0.2, 0.25) is 0 Å². The molecule has 0 saturated heterocycles. The minimum Gasteiger partial charge on any atom is -0.497 e. The van der Waals surface area contributed by atoms with Crippen LogP contribution in [0.1, 0.15) is 31.9 Å². The maximum absolute atomic E-state index is 12.7. The lowest BCUT2D eigenvalue weighted by atomic mass is 9.86. The lowest BCUT2D eigenvalue weighted by Gasteiger charge is -2.15. The zero-order valence-electron chi connectivity index (χ0n) is 17.7. The second-order valence-electron chi connectivity index (χ2n) is 8.10. The van der Waals surface area contributed by atoms with Gasteiger partial charge in [0.1, 0.15) is 11.8 Å². The molecule has 0 saturated carbocycles. The Morgan fingerprint density at radius 2 is 1.90 bits per heavy atom. The molecule has 5 nitrogen and oxygen atoms in total. The van der Waals surface area contributed by atoms with Crippen molar-refractivity contribution in [2.24, 2.45) is 5.41 Å². The minimum atomic E-state index is -0.641. The van der Waals surface area contributed by atoms with Crippen molar-refractivity contribution in [2.75, 3.05) is 7.11 Å². The van der Waals surface area contributed by atoms with Crippen LogP contribution in [0.15, 0.2) is 66.4 Å². The summed E-state index contributed by atoms with van der Waals surface area (Å²) in [6.45, 7) is 6.01. The van der Waals surface area contributed by atoms with E-state index in [0.717, 1.165) is 11.1 Å². The van der Waals surface area contributed by atoms with E-state index in [1.807, 2.05) is 86.2 Å². The number of methoxy groups -OCH3 is 1. The number of carbonyl (C=O) groups excluding carboxylic acids is 1. The molecule has 1 heterocycles. The Bertz CT molecular complexity index is 1110. The van der Waals surface area contributed by atoms with E-state index in [0.29, 0.717) is 23.6 Å². The molecule has 152 valence electrons. The van der Waals surface area contributed by atoms with E-state index < -0.39 is 5.41 Å². The predicted octanol–water partition coefficient (Wildman–Crippen LogP) is 5.13. The lowest BCUT2D eigenvalue weighted by Crippen LogP contribution is -2.21. The fourth-order valence-electron chi connectivity index (χ4n) is 3.10. The molecule has 0 spiro atoms. The number of carbonyl (C=O) groups is 1. The molecule has 0 atom stereocenters. The van der Waals surface area contributed by atoms with Crippen molar-refractivity contribution in [1.82, 2.24) is 9.78 Å². The third-order valence-corrected chi connectivity index (χ3v) is 4.67. The van der Waals surface area contributed by atoms with Gasteiger partial charge in [-0.3, -0.25) is 9.48 Å². The molecule has 0 fully saturated rings. The van der Waals surface area contributed by atoms with Crippen molar-refractivity contribution < 1.29 is 9.53 Å². The molecular weight excluding hydrogens is 374 g/mol. The molecule has 0 amide bonds. The predicted molar refractivity (Wildman–Crippen MR) is 118 cm³/mol. The normalized spacial score (nSPS) is 11.8. The van der Waals surface area contributed by atoms with Crippen LogP contribution < -0.4 is 4.74 Å². The van der Waals surface area contributed by atoms with Crippen LogP contribution in [0.5, 0.6) is 5.75 Å². The van der Waals surface area contributed by atoms with Crippen molar-refractivity contribution in [3.63, 3.8) is 0 Å². The number of hydrogen-bond donors (Lipinski definition) is 0. The van der Waals surface area contributed by atoms with E-state index in [2.05, 4.69) is 6.07 Å². The van der Waals surface area contributed by atoms with Crippen molar-refractivity contribution >= 4 is 11.9 Å². The molecule has 2 aromatic carbocycles. The lowest BCUT2D eigenvalue weighted by molar-refractivity contribution is -0.121. The van der Waals surface area contributed by atoms with E-state index in [4.69, 9.17) is 9.84 Å². The molecule has 1 aromatic heterocycles. The monoisotopic (exact) mass is 399 g/mol. The summed E-state index contributed by atoms with van der Waals surface area (Å²) in [5.41, 5.74) is 2.85. The molecule has 5 heteroatoms. The second kappa shape index (κ2) is 8.79. The maximum atomic E-state index is 12.7. The number of benzene rings is 2. The zero-order chi connectivity index (χ0) is 21.7. The largest absolute Gasteiger partial charge is 0.497 e. The molecular formula is C25H25N3O2. The second-order valence-corrected chi connectivity index (χ2v) is 8.10. The van der Waals surface area contributed by atoms with Crippen LogP contribution >= 0.6 is 0 Å². The van der Waals surface area contributed by atoms with Crippen molar-refractivity contribution in [3.8, 4) is 23.1 Å². The van der Waals surface area contributed by atoms with Gasteiger partial charge in [-0.25, -0.2) is 0 Å². The molecule has 0 radical (unpaired) electrons. The summed E-state index contributed by atoms with van der Waals surface area (Å²) in [5.74, 6) is 0.517. The van der Waals surface area contributed by atoms with Gasteiger partial charge in [-0.1, -0.05) is 63.2 Å². The number of nitrogens with zero attached hydrogens (tertiary/aromatic N) is 3. The van der Waals surface area contributed by atoms with Gasteiger partial charge in [0.15, 0.2) is 5.78 Å². The van der Waals surface area contributed by atoms with E-state index in [1.54, 1.807) is 13.2 Å². The standard InChI is InChI=1S/C25H25N3O2/c1-25(2,3)24(29)20(15-26)13-21-17-28(16-18-9-6-5-7-10-18)27-23(21)19-11-8-12-22(14-19)30-4/h5-14,17H,16H2,1-4H3/b20-13+. The van der Waals surface area contributed by atoms with Crippen LogP contribution in [0.3, 0.4) is 0 Å². The van der Waals surface area contributed by atoms with Gasteiger partial charge in [-0.05, 0) is 23.8 Å². The molecule has 0 bridgehead atoms. The van der Waals surface area contributed by atoms with Gasteiger partial charge in [-0.2, -0.15) is 10.4 Å². The molecule has 3 rings (SSSR count). The molecule has 30 heavy (non-hydrogen) atoms. The number of hydrogen-bond acceptors (Lipinski definition) is 4. The highest BCUT2D eigenvalue weighted by atomic mass is 16.5. The van der Waals surface area contributed by atoms with Crippen molar-refractivity contribution in [3.05, 3.63) is 77.5 Å². The minimum absolute atomic E-state index is 0.117. The van der Waals surface area contributed by atoms with Gasteiger partial charge in [0.25, 0.3) is 0 Å². The number of rotatable bonds is 6. The maximum Gasteiger partial charge on any atom is 0.178 e. The molecule has 0 aliphatic heterocycles. The third-order valence-electron chi connectivity index (χ3n) is 4.67. The summed E-state index contributed by atoms with van der Waals surface area (Å²) in [5, 5.41) is 14.4. The average molecular weight is 399 g/mol. The Balaban J connectivity index is 2.10. The van der Waals surface area contributed by atoms with Crippen LogP contribution in [-0.2, 0) is 11.3 Å². The Kier molecular flexibility index (Phi) is 6.17. The van der Waals surface area contributed by atoms with Gasteiger partial charge < -0.3 is 4.74 Å². The summed E-state index contributed by atoms with van der Waals surface area (Å²) in [7, 11) is 1.61. The van der Waals surface area contributed by atoms with Gasteiger partial charge in [-0.15, -0.1) is 0 Å². The van der Waals surface area contributed by atoms with Gasteiger partial charge >= 0.3 is 0 Å². The topological polar surface area (TPSA) is 67.9 Å². The van der Waals surface area contributed by atoms with E-state index in [-0.39, 0.29) is 11.4 Å². The number of nitriles is 1. The van der Waals surface area contributed by atoms with Crippen LogP contribution in [0.25, 0.3) is 17.3 Å². The van der Waals surface area contributed by atoms with Gasteiger partial charge in [0.05, 0.1) is 24.9 Å². The van der Waals surface area contributed by atoms with Crippen LogP contribution in [0.4, 0.5) is 0 Å². The van der Waals surface area contributed by atoms with Crippen LogP contribution in [0.2, 0.25) is 0 Å². The van der Waals surface area contributed by atoms with Crippen LogP contribution in [0, 0.1) is 16.7 Å². The third kappa shape index (κ3) is 4.84. The number of ketones is 1. The highest BCUT2D eigenvalue weighted by molar-refractivity contribution is 6.06. The average Bonchev–Trinajstić information content (AvgIpc) is 3.13. The Hall–Kier alpha value is -3.65. The van der Waals surface area contributed by atoms with Gasteiger partial charge in [0, 0.05) is 22.7 Å². The van der Waals surface area contributed by atoms with E-state index in [1.165, 1.54) is 0 Å². The molecule has 0 unspecified atom stereocenters. The molecule has 0 aliphatic carbocycles. The first kappa shape index (κ1) is 21.1. The Labute approximate surface area is 177 Å². The summed E-state index contributed by atoms with van der Waals surface area (Å²) < 4.78 is 7.17. The quantitative estimate of drug-likeness (QED) is 0.426. The first-order valence-corrected chi connectivity index (χ1v) is 9.74. The fraction of sp³-hybridized carbons (Fsp3) is 0.240. The summed E-state index contributed by atoms with van der Waals surface area (Å²) in [6, 6.07) is 19.7. The highest BCUT2D eigenvalue weighted by Crippen LogP contribution is 2.29.